The first-order valence-corrected chi connectivity index (χ1v) is 6.57. The van der Waals surface area contributed by atoms with Gasteiger partial charge in [-0.15, -0.1) is 0 Å². The third kappa shape index (κ3) is 5.99. The summed E-state index contributed by atoms with van der Waals surface area (Å²) in [6.45, 7) is 1.99. The predicted octanol–water partition coefficient (Wildman–Crippen LogP) is 2.77. The fraction of sp³-hybridized carbons (Fsp3) is 0.400. The average molecular weight is 301 g/mol. The highest BCUT2D eigenvalue weighted by molar-refractivity contribution is 5.96. The van der Waals surface area contributed by atoms with Gasteiger partial charge in [-0.25, -0.2) is 0 Å². The Balaban J connectivity index is 2.82. The van der Waals surface area contributed by atoms with E-state index in [1.54, 1.807) is 13.0 Å². The molecule has 0 radical (unpaired) electrons. The molecule has 1 rings (SSSR count). The van der Waals surface area contributed by atoms with E-state index in [1.807, 2.05) is 0 Å². The molecule has 0 fully saturated rings. The number of rotatable bonds is 6. The lowest BCUT2D eigenvalue weighted by molar-refractivity contribution is -0.117. The molecule has 21 heavy (non-hydrogen) atoms. The first kappa shape index (κ1) is 17.2. The Morgan fingerprint density at radius 3 is 2.48 bits per heavy atom. The van der Waals surface area contributed by atoms with Gasteiger partial charge in [0.05, 0.1) is 5.57 Å². The number of hydrogen-bond acceptors (Lipinski definition) is 2. The van der Waals surface area contributed by atoms with Crippen molar-refractivity contribution in [3.8, 4) is 0 Å². The van der Waals surface area contributed by atoms with E-state index in [2.05, 4.69) is 5.32 Å². The van der Waals surface area contributed by atoms with Gasteiger partial charge < -0.3 is 10.4 Å². The Kier molecular flexibility index (Phi) is 6.42. The molecule has 3 nitrogen and oxygen atoms in total. The van der Waals surface area contributed by atoms with Crippen molar-refractivity contribution in [1.29, 1.82) is 0 Å². The number of amides is 1. The van der Waals surface area contributed by atoms with Crippen LogP contribution in [0.5, 0.6) is 0 Å². The molecule has 6 heteroatoms. The van der Waals surface area contributed by atoms with Gasteiger partial charge in [-0.3, -0.25) is 4.79 Å². The van der Waals surface area contributed by atoms with E-state index in [0.717, 1.165) is 0 Å². The molecule has 0 saturated carbocycles. The van der Waals surface area contributed by atoms with Crippen LogP contribution in [0.1, 0.15) is 18.9 Å². The molecule has 0 aliphatic carbocycles. The van der Waals surface area contributed by atoms with Crippen LogP contribution in [0.2, 0.25) is 0 Å². The second kappa shape index (κ2) is 7.83. The number of aliphatic hydroxyl groups excluding tert-OH is 1. The molecule has 0 spiro atoms. The molecule has 0 aliphatic heterocycles. The van der Waals surface area contributed by atoms with Crippen molar-refractivity contribution in [3.05, 3.63) is 42.0 Å². The molecule has 116 valence electrons. The lowest BCUT2D eigenvalue weighted by Gasteiger charge is -2.13. The summed E-state index contributed by atoms with van der Waals surface area (Å²) >= 11 is 0. The zero-order chi connectivity index (χ0) is 15.9. The van der Waals surface area contributed by atoms with Crippen molar-refractivity contribution in [1.82, 2.24) is 5.32 Å². The number of allylic oxidation sites excluding steroid dienone is 1. The monoisotopic (exact) mass is 301 g/mol. The molecule has 0 saturated heterocycles. The molecule has 1 atom stereocenters. The largest absolute Gasteiger partial charge is 0.417 e. The third-order valence-corrected chi connectivity index (χ3v) is 2.91. The number of alkyl halides is 3. The number of carbonyl (C=O) groups excluding carboxylic acids is 1. The molecule has 0 aromatic heterocycles. The van der Waals surface area contributed by atoms with E-state index in [1.165, 1.54) is 24.3 Å². The van der Waals surface area contributed by atoms with Crippen molar-refractivity contribution in [2.75, 3.05) is 13.2 Å². The van der Waals surface area contributed by atoms with Crippen molar-refractivity contribution < 1.29 is 23.1 Å². The van der Waals surface area contributed by atoms with Gasteiger partial charge in [0.1, 0.15) is 0 Å². The van der Waals surface area contributed by atoms with Crippen molar-refractivity contribution in [2.24, 2.45) is 5.92 Å². The van der Waals surface area contributed by atoms with Crippen LogP contribution in [-0.2, 0) is 4.79 Å². The maximum atomic E-state index is 13.0. The van der Waals surface area contributed by atoms with Gasteiger partial charge in [0.2, 0.25) is 5.91 Å². The Morgan fingerprint density at radius 2 is 1.95 bits per heavy atom. The summed E-state index contributed by atoms with van der Waals surface area (Å²) in [6.07, 6.45) is -3.55. The van der Waals surface area contributed by atoms with Gasteiger partial charge in [0, 0.05) is 19.2 Å². The summed E-state index contributed by atoms with van der Waals surface area (Å²) in [7, 11) is 0. The highest BCUT2D eigenvalue weighted by atomic mass is 19.4. The minimum Gasteiger partial charge on any atom is -0.396 e. The van der Waals surface area contributed by atoms with Crippen LogP contribution in [0.15, 0.2) is 36.4 Å². The summed E-state index contributed by atoms with van der Waals surface area (Å²) in [5.41, 5.74) is -1.03. The summed E-state index contributed by atoms with van der Waals surface area (Å²) in [5.74, 6) is -0.797. The normalized spacial score (nSPS) is 13.9. The van der Waals surface area contributed by atoms with Crippen LogP contribution >= 0.6 is 0 Å². The van der Waals surface area contributed by atoms with Crippen LogP contribution in [0.3, 0.4) is 0 Å². The second-order valence-electron chi connectivity index (χ2n) is 4.78. The van der Waals surface area contributed by atoms with E-state index >= 15 is 0 Å². The SMILES string of the molecule is CC(CCO)CNC(=O)/C=C(/c1ccccc1)C(F)(F)F. The molecular formula is C15H18F3NO2. The molecule has 1 aromatic carbocycles. The minimum absolute atomic E-state index is 0.00147. The second-order valence-corrected chi connectivity index (χ2v) is 4.78. The maximum absolute atomic E-state index is 13.0. The quantitative estimate of drug-likeness (QED) is 0.794. The van der Waals surface area contributed by atoms with Gasteiger partial charge in [-0.1, -0.05) is 37.3 Å². The zero-order valence-corrected chi connectivity index (χ0v) is 11.7. The summed E-state index contributed by atoms with van der Waals surface area (Å²) in [5, 5.41) is 11.1. The van der Waals surface area contributed by atoms with Gasteiger partial charge in [0.25, 0.3) is 0 Å². The summed E-state index contributed by atoms with van der Waals surface area (Å²) in [6, 6.07) is 7.18. The van der Waals surface area contributed by atoms with Crippen LogP contribution in [0, 0.1) is 5.92 Å². The van der Waals surface area contributed by atoms with E-state index in [4.69, 9.17) is 5.11 Å². The Bertz CT molecular complexity index is 483. The Morgan fingerprint density at radius 1 is 1.33 bits per heavy atom. The van der Waals surface area contributed by atoms with Crippen LogP contribution in [0.4, 0.5) is 13.2 Å². The maximum Gasteiger partial charge on any atom is 0.417 e. The fourth-order valence-electron chi connectivity index (χ4n) is 1.73. The predicted molar refractivity (Wildman–Crippen MR) is 74.4 cm³/mol. The topological polar surface area (TPSA) is 49.3 Å². The highest BCUT2D eigenvalue weighted by Gasteiger charge is 2.35. The zero-order valence-electron chi connectivity index (χ0n) is 11.7. The molecule has 1 amide bonds. The highest BCUT2D eigenvalue weighted by Crippen LogP contribution is 2.33. The lowest BCUT2D eigenvalue weighted by Crippen LogP contribution is -2.28. The number of halogens is 3. The minimum atomic E-state index is -4.60. The smallest absolute Gasteiger partial charge is 0.396 e. The summed E-state index contributed by atoms with van der Waals surface area (Å²) < 4.78 is 39.0. The first-order valence-electron chi connectivity index (χ1n) is 6.57. The van der Waals surface area contributed by atoms with Gasteiger partial charge in [-0.2, -0.15) is 13.2 Å². The molecule has 0 heterocycles. The van der Waals surface area contributed by atoms with Crippen molar-refractivity contribution >= 4 is 11.5 Å². The van der Waals surface area contributed by atoms with E-state index in [9.17, 15) is 18.0 Å². The molecule has 1 aromatic rings. The third-order valence-electron chi connectivity index (χ3n) is 2.91. The molecule has 1 unspecified atom stereocenters. The van der Waals surface area contributed by atoms with Crippen LogP contribution in [0.25, 0.3) is 5.57 Å². The van der Waals surface area contributed by atoms with Gasteiger partial charge >= 0.3 is 6.18 Å². The standard InChI is InChI=1S/C15H18F3NO2/c1-11(7-8-20)10-19-14(21)9-13(15(16,17)18)12-5-3-2-4-6-12/h2-6,9,11,20H,7-8,10H2,1H3,(H,19,21)/b13-9-. The number of carbonyl (C=O) groups is 1. The molecular weight excluding hydrogens is 283 g/mol. The van der Waals surface area contributed by atoms with Gasteiger partial charge in [-0.05, 0) is 17.9 Å². The average Bonchev–Trinajstić information content (AvgIpc) is 2.42. The Labute approximate surface area is 121 Å². The number of benzene rings is 1. The molecule has 0 aliphatic rings. The van der Waals surface area contributed by atoms with Crippen LogP contribution < -0.4 is 5.32 Å². The Hall–Kier alpha value is -1.82. The number of aliphatic hydroxyl groups is 1. The van der Waals surface area contributed by atoms with E-state index in [0.29, 0.717) is 12.5 Å². The van der Waals surface area contributed by atoms with Crippen molar-refractivity contribution in [2.45, 2.75) is 19.5 Å². The van der Waals surface area contributed by atoms with Crippen LogP contribution in [-0.4, -0.2) is 30.3 Å². The summed E-state index contributed by atoms with van der Waals surface area (Å²) in [4.78, 5) is 11.6. The number of nitrogens with one attached hydrogen (secondary N) is 1. The van der Waals surface area contributed by atoms with Crippen molar-refractivity contribution in [3.63, 3.8) is 0 Å². The number of hydrogen-bond donors (Lipinski definition) is 2. The fourth-order valence-corrected chi connectivity index (χ4v) is 1.73. The lowest BCUT2D eigenvalue weighted by atomic mass is 10.0. The van der Waals surface area contributed by atoms with E-state index < -0.39 is 17.7 Å². The molecule has 2 N–H and O–H groups in total. The van der Waals surface area contributed by atoms with Gasteiger partial charge in [0.15, 0.2) is 0 Å². The van der Waals surface area contributed by atoms with E-state index in [-0.39, 0.29) is 24.6 Å². The first-order chi connectivity index (χ1) is 9.84. The molecule has 0 bridgehead atoms.